The number of fused-ring (bicyclic) bond motifs is 1. The molecule has 1 N–H and O–H groups in total. The summed E-state index contributed by atoms with van der Waals surface area (Å²) < 4.78 is 43.9. The first-order valence-electron chi connectivity index (χ1n) is 9.02. The number of aryl methyl sites for hydroxylation is 3. The van der Waals surface area contributed by atoms with Crippen molar-refractivity contribution in [2.45, 2.75) is 25.7 Å². The first-order valence-corrected chi connectivity index (χ1v) is 10.5. The summed E-state index contributed by atoms with van der Waals surface area (Å²) in [5.74, 6) is -0.144. The Morgan fingerprint density at radius 3 is 2.41 bits per heavy atom. The maximum atomic E-state index is 12.8. The third kappa shape index (κ3) is 4.44. The number of hydrogen-bond acceptors (Lipinski definition) is 6. The van der Waals surface area contributed by atoms with E-state index in [9.17, 15) is 13.2 Å². The lowest BCUT2D eigenvalue weighted by atomic mass is 10.1. The summed E-state index contributed by atoms with van der Waals surface area (Å²) in [5, 5.41) is 0.483. The van der Waals surface area contributed by atoms with Crippen LogP contribution in [0.3, 0.4) is 0 Å². The molecule has 7 nitrogen and oxygen atoms in total. The highest BCUT2D eigenvalue weighted by Gasteiger charge is 2.22. The first-order chi connectivity index (χ1) is 13.7. The molecule has 0 radical (unpaired) electrons. The number of ether oxygens (including phenoxy) is 2. The summed E-state index contributed by atoms with van der Waals surface area (Å²) in [6.45, 7) is 5.71. The molecule has 0 saturated carbocycles. The van der Waals surface area contributed by atoms with Gasteiger partial charge in [-0.2, -0.15) is 0 Å². The van der Waals surface area contributed by atoms with Crippen molar-refractivity contribution in [1.82, 2.24) is 0 Å². The summed E-state index contributed by atoms with van der Waals surface area (Å²) in [4.78, 5) is 12.6. The van der Waals surface area contributed by atoms with Gasteiger partial charge in [-0.25, -0.2) is 13.2 Å². The van der Waals surface area contributed by atoms with Crippen molar-refractivity contribution >= 4 is 32.6 Å². The Hall–Kier alpha value is -2.84. The minimum absolute atomic E-state index is 0.111. The van der Waals surface area contributed by atoms with Crippen LogP contribution in [0.5, 0.6) is 0 Å². The van der Waals surface area contributed by atoms with E-state index >= 15 is 0 Å². The van der Waals surface area contributed by atoms with E-state index in [1.165, 1.54) is 7.11 Å². The van der Waals surface area contributed by atoms with Gasteiger partial charge in [0.15, 0.2) is 0 Å². The van der Waals surface area contributed by atoms with Gasteiger partial charge in [0, 0.05) is 12.5 Å². The Morgan fingerprint density at radius 1 is 1.07 bits per heavy atom. The molecule has 1 heterocycles. The number of anilines is 1. The maximum Gasteiger partial charge on any atom is 0.342 e. The Morgan fingerprint density at radius 2 is 1.76 bits per heavy atom. The molecule has 8 heteroatoms. The minimum atomic E-state index is -3.78. The van der Waals surface area contributed by atoms with Gasteiger partial charge in [-0.15, -0.1) is 0 Å². The van der Waals surface area contributed by atoms with Crippen molar-refractivity contribution in [3.8, 4) is 0 Å². The monoisotopic (exact) mass is 417 g/mol. The molecule has 3 aromatic rings. The lowest BCUT2D eigenvalue weighted by Crippen LogP contribution is -2.14. The number of methoxy groups -OCH3 is 1. The molecular formula is C21H23NO6S. The molecule has 0 atom stereocenters. The highest BCUT2D eigenvalue weighted by molar-refractivity contribution is 7.92. The van der Waals surface area contributed by atoms with E-state index < -0.39 is 16.0 Å². The van der Waals surface area contributed by atoms with E-state index in [-0.39, 0.29) is 23.7 Å². The number of rotatable bonds is 7. The zero-order valence-electron chi connectivity index (χ0n) is 16.7. The smallest absolute Gasteiger partial charge is 0.342 e. The molecule has 1 aromatic heterocycles. The molecule has 0 unspecified atom stereocenters. The number of sulfonamides is 1. The average Bonchev–Trinajstić information content (AvgIpc) is 2.97. The van der Waals surface area contributed by atoms with E-state index in [1.54, 1.807) is 50.2 Å². The van der Waals surface area contributed by atoms with Crippen LogP contribution in [0.1, 0.15) is 27.2 Å². The number of nitrogens with one attached hydrogen (secondary N) is 1. The molecule has 2 aromatic carbocycles. The van der Waals surface area contributed by atoms with Crippen LogP contribution in [-0.4, -0.2) is 34.7 Å². The molecule has 0 saturated heterocycles. The molecule has 0 aliphatic carbocycles. The predicted molar refractivity (Wildman–Crippen MR) is 110 cm³/mol. The van der Waals surface area contributed by atoms with Gasteiger partial charge in [-0.3, -0.25) is 4.72 Å². The van der Waals surface area contributed by atoms with Crippen molar-refractivity contribution in [1.29, 1.82) is 0 Å². The van der Waals surface area contributed by atoms with Crippen LogP contribution in [0.15, 0.2) is 45.7 Å². The topological polar surface area (TPSA) is 94.8 Å². The highest BCUT2D eigenvalue weighted by Crippen LogP contribution is 2.32. The third-order valence-electron chi connectivity index (χ3n) is 4.51. The molecule has 3 rings (SSSR count). The Balaban J connectivity index is 1.98. The number of furan rings is 1. The van der Waals surface area contributed by atoms with Crippen molar-refractivity contribution in [3.05, 3.63) is 58.8 Å². The Kier molecular flexibility index (Phi) is 5.95. The molecule has 0 amide bonds. The summed E-state index contributed by atoms with van der Waals surface area (Å²) in [7, 11) is -2.26. The number of carbonyl (C=O) groups is 1. The fraction of sp³-hybridized carbons (Fsp3) is 0.286. The van der Waals surface area contributed by atoms with Gasteiger partial charge >= 0.3 is 5.97 Å². The van der Waals surface area contributed by atoms with Crippen LogP contribution in [-0.2, 0) is 19.5 Å². The van der Waals surface area contributed by atoms with Gasteiger partial charge in [-0.05, 0) is 50.6 Å². The van der Waals surface area contributed by atoms with E-state index in [4.69, 9.17) is 13.9 Å². The van der Waals surface area contributed by atoms with E-state index in [1.807, 2.05) is 6.92 Å². The SMILES string of the molecule is COCCOC(=O)c1c(C)oc2cc(C)c(NS(=O)(=O)c3ccc(C)cc3)cc12. The fourth-order valence-corrected chi connectivity index (χ4v) is 4.06. The average molecular weight is 417 g/mol. The van der Waals surface area contributed by atoms with Gasteiger partial charge in [0.1, 0.15) is 23.5 Å². The standard InChI is InChI=1S/C21H23NO6S/c1-13-5-7-16(8-6-13)29(24,25)22-18-12-17-19(11-14(18)2)28-15(3)20(17)21(23)27-10-9-26-4/h5-8,11-12,22H,9-10H2,1-4H3. The normalized spacial score (nSPS) is 11.6. The van der Waals surface area contributed by atoms with Crippen LogP contribution in [0.4, 0.5) is 5.69 Å². The van der Waals surface area contributed by atoms with Crippen LogP contribution in [0.2, 0.25) is 0 Å². The van der Waals surface area contributed by atoms with Gasteiger partial charge in [0.25, 0.3) is 10.0 Å². The zero-order chi connectivity index (χ0) is 21.2. The van der Waals surface area contributed by atoms with E-state index in [2.05, 4.69) is 4.72 Å². The highest BCUT2D eigenvalue weighted by atomic mass is 32.2. The largest absolute Gasteiger partial charge is 0.460 e. The lowest BCUT2D eigenvalue weighted by molar-refractivity contribution is 0.0388. The summed E-state index contributed by atoms with van der Waals surface area (Å²) >= 11 is 0. The summed E-state index contributed by atoms with van der Waals surface area (Å²) in [5.41, 5.74) is 2.75. The molecule has 0 aliphatic rings. The van der Waals surface area contributed by atoms with Crippen molar-refractivity contribution in [2.75, 3.05) is 25.0 Å². The quantitative estimate of drug-likeness (QED) is 0.462. The molecule has 154 valence electrons. The minimum Gasteiger partial charge on any atom is -0.460 e. The molecule has 0 bridgehead atoms. The number of carbonyl (C=O) groups excluding carboxylic acids is 1. The fourth-order valence-electron chi connectivity index (χ4n) is 2.94. The van der Waals surface area contributed by atoms with Gasteiger partial charge in [0.2, 0.25) is 0 Å². The van der Waals surface area contributed by atoms with Crippen LogP contribution in [0, 0.1) is 20.8 Å². The lowest BCUT2D eigenvalue weighted by Gasteiger charge is -2.11. The Labute approximate surface area is 169 Å². The number of benzene rings is 2. The maximum absolute atomic E-state index is 12.8. The van der Waals surface area contributed by atoms with Crippen LogP contribution in [0.25, 0.3) is 11.0 Å². The predicted octanol–water partition coefficient (Wildman–Crippen LogP) is 3.96. The second kappa shape index (κ2) is 8.26. The van der Waals surface area contributed by atoms with E-state index in [0.29, 0.717) is 28.0 Å². The van der Waals surface area contributed by atoms with Gasteiger partial charge in [-0.1, -0.05) is 17.7 Å². The first kappa shape index (κ1) is 20.9. The summed E-state index contributed by atoms with van der Waals surface area (Å²) in [6, 6.07) is 9.86. The zero-order valence-corrected chi connectivity index (χ0v) is 17.6. The number of esters is 1. The molecule has 0 aliphatic heterocycles. The van der Waals surface area contributed by atoms with Crippen LogP contribution < -0.4 is 4.72 Å². The Bertz CT molecular complexity index is 1150. The summed E-state index contributed by atoms with van der Waals surface area (Å²) in [6.07, 6.45) is 0. The van der Waals surface area contributed by atoms with Crippen molar-refractivity contribution < 1.29 is 27.1 Å². The van der Waals surface area contributed by atoms with Crippen molar-refractivity contribution in [2.24, 2.45) is 0 Å². The molecule has 0 spiro atoms. The van der Waals surface area contributed by atoms with Gasteiger partial charge in [0.05, 0.1) is 17.2 Å². The third-order valence-corrected chi connectivity index (χ3v) is 5.89. The second-order valence-electron chi connectivity index (χ2n) is 6.74. The molecule has 29 heavy (non-hydrogen) atoms. The second-order valence-corrected chi connectivity index (χ2v) is 8.43. The molecule has 0 fully saturated rings. The van der Waals surface area contributed by atoms with Gasteiger partial charge < -0.3 is 13.9 Å². The van der Waals surface area contributed by atoms with Crippen molar-refractivity contribution in [3.63, 3.8) is 0 Å². The van der Waals surface area contributed by atoms with E-state index in [0.717, 1.165) is 5.56 Å². The number of hydrogen-bond donors (Lipinski definition) is 1. The molecular weight excluding hydrogens is 394 g/mol. The van der Waals surface area contributed by atoms with Crippen LogP contribution >= 0.6 is 0 Å².